The van der Waals surface area contributed by atoms with Crippen molar-refractivity contribution < 1.29 is 13.3 Å². The summed E-state index contributed by atoms with van der Waals surface area (Å²) in [6, 6.07) is 194. The normalized spacial score (nSPS) is 11.7. The van der Waals surface area contributed by atoms with Gasteiger partial charge in [0.2, 0.25) is 0 Å². The molecule has 0 N–H and O–H groups in total. The van der Waals surface area contributed by atoms with Gasteiger partial charge in [0.05, 0.1) is 50.2 Å². The lowest BCUT2D eigenvalue weighted by Gasteiger charge is -2.15. The van der Waals surface area contributed by atoms with Crippen molar-refractivity contribution in [1.82, 2.24) is 13.7 Å². The van der Waals surface area contributed by atoms with Crippen LogP contribution >= 0.6 is 0 Å². The molecule has 0 aliphatic carbocycles. The monoisotopic (exact) mass is 1860 g/mol. The molecule has 24 aromatic carbocycles. The van der Waals surface area contributed by atoms with Crippen molar-refractivity contribution in [2.75, 3.05) is 0 Å². The lowest BCUT2D eigenvalue weighted by atomic mass is 9.96. The van der Waals surface area contributed by atoms with E-state index in [2.05, 4.69) is 517 Å². The van der Waals surface area contributed by atoms with Gasteiger partial charge in [-0.15, -0.1) is 0 Å². The van der Waals surface area contributed by atoms with Crippen LogP contribution in [0.3, 0.4) is 0 Å². The van der Waals surface area contributed by atoms with Crippen LogP contribution in [-0.2, 0) is 0 Å². The number of furan rings is 3. The molecule has 30 aromatic rings. The molecule has 0 saturated carbocycles. The average Bonchev–Trinajstić information content (AvgIpc) is 1.60. The van der Waals surface area contributed by atoms with Gasteiger partial charge >= 0.3 is 0 Å². The van der Waals surface area contributed by atoms with E-state index in [9.17, 15) is 0 Å². The Balaban J connectivity index is 0.000000106. The SMILES string of the molecule is c1cc(-c2ccc3oc4ccccc4c3c2)cc(-c2ccccc2-n2c3ccccc3c3cc(-c4ccc5ccccc5c4)ccc32)c1.c1cc(-c2ccc3oc4ccccc4c3c2)cc(-c2ccccc2-n2c3ccccc3c3cc(-c4cccc5ccccc45)ccc32)c1.c1ccc(-c2ccc(-c3ccc4c(c3)c3ccccc3n4-c3ccccc3-c3cccc(-c4ccc5oc6ccccc6c5c4)c3)cc2)cc1. The van der Waals surface area contributed by atoms with Gasteiger partial charge in [-0.05, 0) is 268 Å². The van der Waals surface area contributed by atoms with Crippen LogP contribution in [0.2, 0.25) is 0 Å². The number of rotatable bonds is 13. The molecule has 0 saturated heterocycles. The molecule has 6 heterocycles. The zero-order valence-electron chi connectivity index (χ0n) is 79.5. The molecule has 30 rings (SSSR count). The van der Waals surface area contributed by atoms with Gasteiger partial charge in [-0.25, -0.2) is 0 Å². The van der Waals surface area contributed by atoms with E-state index in [0.29, 0.717) is 0 Å². The summed E-state index contributed by atoms with van der Waals surface area (Å²) in [7, 11) is 0. The molecule has 682 valence electrons. The Labute approximate surface area is 841 Å². The van der Waals surface area contributed by atoms with E-state index in [1.165, 1.54) is 198 Å². The molecule has 0 aliphatic heterocycles. The largest absolute Gasteiger partial charge is 0.456 e. The molecular weight excluding hydrogens is 1770 g/mol. The highest BCUT2D eigenvalue weighted by Gasteiger charge is 2.24. The molecule has 6 nitrogen and oxygen atoms in total. The molecule has 0 amide bonds. The zero-order chi connectivity index (χ0) is 96.2. The van der Waals surface area contributed by atoms with Crippen LogP contribution < -0.4 is 0 Å². The second-order valence-corrected chi connectivity index (χ2v) is 38.0. The number of nitrogens with zero attached hydrogens (tertiary/aromatic N) is 3. The van der Waals surface area contributed by atoms with E-state index in [4.69, 9.17) is 13.3 Å². The van der Waals surface area contributed by atoms with E-state index in [0.717, 1.165) is 82.9 Å². The van der Waals surface area contributed by atoms with Crippen molar-refractivity contribution in [2.24, 2.45) is 0 Å². The van der Waals surface area contributed by atoms with Gasteiger partial charge in [-0.1, -0.05) is 388 Å². The maximum atomic E-state index is 6.11. The summed E-state index contributed by atoms with van der Waals surface area (Å²) in [5.41, 5.74) is 40.1. The smallest absolute Gasteiger partial charge is 0.135 e. The Kier molecular flexibility index (Phi) is 20.5. The Bertz CT molecular complexity index is 10400. The Morgan fingerprint density at radius 2 is 0.349 bits per heavy atom. The van der Waals surface area contributed by atoms with Crippen LogP contribution in [0.15, 0.2) is 553 Å². The third kappa shape index (κ3) is 14.8. The second-order valence-electron chi connectivity index (χ2n) is 38.0. The van der Waals surface area contributed by atoms with Crippen LogP contribution in [0.4, 0.5) is 0 Å². The third-order valence-electron chi connectivity index (χ3n) is 29.6. The van der Waals surface area contributed by atoms with Crippen molar-refractivity contribution in [1.29, 1.82) is 0 Å². The third-order valence-corrected chi connectivity index (χ3v) is 29.6. The van der Waals surface area contributed by atoms with Gasteiger partial charge in [0.1, 0.15) is 33.5 Å². The number of para-hydroxylation sites is 9. The fourth-order valence-electron chi connectivity index (χ4n) is 22.6. The minimum absolute atomic E-state index is 0.912. The quantitative estimate of drug-likeness (QED) is 0.116. The molecule has 0 radical (unpaired) electrons. The summed E-state index contributed by atoms with van der Waals surface area (Å²) in [5.74, 6) is 0. The molecule has 0 atom stereocenters. The topological polar surface area (TPSA) is 54.2 Å². The molecule has 0 fully saturated rings. The minimum Gasteiger partial charge on any atom is -0.456 e. The first-order valence-corrected chi connectivity index (χ1v) is 49.9. The Hall–Kier alpha value is -19.4. The number of benzene rings is 24. The maximum absolute atomic E-state index is 6.11. The molecule has 0 spiro atoms. The van der Waals surface area contributed by atoms with Crippen LogP contribution in [0.5, 0.6) is 0 Å². The zero-order valence-corrected chi connectivity index (χ0v) is 79.5. The number of fused-ring (bicyclic) bond motifs is 20. The molecule has 6 heteroatoms. The summed E-state index contributed by atoms with van der Waals surface area (Å²) in [6.07, 6.45) is 0. The summed E-state index contributed by atoms with van der Waals surface area (Å²) >= 11 is 0. The number of hydrogen-bond acceptors (Lipinski definition) is 3. The standard InChI is InChI=1S/C48H31NO.2C46H29NO/c1-2-11-32(12-3-1)33-21-23-34(24-22-33)36-25-27-46-42(30-36)40-16-5-8-19-45(40)49(46)44-18-7-4-15-39(44)38-14-10-13-35(29-38)37-26-28-48-43(31-37)41-17-6-9-20-47(41)50-48;1-2-15-35-30(11-1)12-10-19-36(35)34-23-25-44-40(29-34)38-17-4-7-21-43(38)47(44)42-20-6-3-16-37(42)33-14-9-13-31(27-33)32-24-26-46-41(28-32)39-18-5-8-22-45(39)48-46;1-2-11-31-26-33(21-20-30(31)10-1)34-22-24-44-40(28-34)38-15-4-7-18-43(38)47(44)42-17-6-3-14-37(42)36-13-9-12-32(27-36)35-23-25-46-41(29-35)39-16-5-8-19-45(39)48-46/h1-31H;2*1-29H. The van der Waals surface area contributed by atoms with E-state index in [1.54, 1.807) is 0 Å². The average molecular weight is 1860 g/mol. The lowest BCUT2D eigenvalue weighted by Crippen LogP contribution is -1.97. The van der Waals surface area contributed by atoms with Crippen LogP contribution in [-0.4, -0.2) is 13.7 Å². The molecule has 0 unspecified atom stereocenters. The Morgan fingerprint density at radius 1 is 0.110 bits per heavy atom. The van der Waals surface area contributed by atoms with Crippen molar-refractivity contribution in [3.8, 4) is 128 Å². The van der Waals surface area contributed by atoms with Crippen molar-refractivity contribution in [2.45, 2.75) is 0 Å². The maximum Gasteiger partial charge on any atom is 0.135 e. The highest BCUT2D eigenvalue weighted by atomic mass is 16.3. The van der Waals surface area contributed by atoms with Gasteiger partial charge < -0.3 is 27.0 Å². The second kappa shape index (κ2) is 35.4. The highest BCUT2D eigenvalue weighted by Crippen LogP contribution is 2.47. The van der Waals surface area contributed by atoms with E-state index in [1.807, 2.05) is 36.4 Å². The van der Waals surface area contributed by atoms with Crippen molar-refractivity contribution >= 4 is 153 Å². The minimum atomic E-state index is 0.912. The highest BCUT2D eigenvalue weighted by molar-refractivity contribution is 6.16. The summed E-state index contributed by atoms with van der Waals surface area (Å²) in [4.78, 5) is 0. The first-order valence-electron chi connectivity index (χ1n) is 49.9. The van der Waals surface area contributed by atoms with Crippen LogP contribution in [0.1, 0.15) is 0 Å². The lowest BCUT2D eigenvalue weighted by molar-refractivity contribution is 0.668. The Morgan fingerprint density at radius 3 is 0.788 bits per heavy atom. The van der Waals surface area contributed by atoms with Crippen molar-refractivity contribution in [3.63, 3.8) is 0 Å². The summed E-state index contributed by atoms with van der Waals surface area (Å²) in [5, 5.41) is 19.4. The van der Waals surface area contributed by atoms with Crippen LogP contribution in [0.25, 0.3) is 281 Å². The summed E-state index contributed by atoms with van der Waals surface area (Å²) < 4.78 is 25.6. The fourth-order valence-corrected chi connectivity index (χ4v) is 22.6. The van der Waals surface area contributed by atoms with E-state index < -0.39 is 0 Å². The van der Waals surface area contributed by atoms with Gasteiger partial charge in [0.15, 0.2) is 0 Å². The van der Waals surface area contributed by atoms with Gasteiger partial charge in [0.25, 0.3) is 0 Å². The number of aromatic nitrogens is 3. The van der Waals surface area contributed by atoms with Crippen LogP contribution in [0, 0.1) is 0 Å². The van der Waals surface area contributed by atoms with Crippen molar-refractivity contribution in [3.05, 3.63) is 540 Å². The molecule has 6 aromatic heterocycles. The first kappa shape index (κ1) is 84.7. The predicted octanol–water partition coefficient (Wildman–Crippen LogP) is 39.0. The summed E-state index contributed by atoms with van der Waals surface area (Å²) in [6.45, 7) is 0. The molecule has 0 aliphatic rings. The fraction of sp³-hybridized carbons (Fsp3) is 0. The van der Waals surface area contributed by atoms with Gasteiger partial charge in [0, 0.05) is 81.3 Å². The van der Waals surface area contributed by atoms with E-state index in [-0.39, 0.29) is 0 Å². The van der Waals surface area contributed by atoms with E-state index >= 15 is 0 Å². The molecule has 146 heavy (non-hydrogen) atoms. The molecule has 0 bridgehead atoms. The van der Waals surface area contributed by atoms with Gasteiger partial charge in [-0.3, -0.25) is 0 Å². The first-order chi connectivity index (χ1) is 72.4. The van der Waals surface area contributed by atoms with Gasteiger partial charge in [-0.2, -0.15) is 0 Å². The molecular formula is C140H89N3O3. The predicted molar refractivity (Wildman–Crippen MR) is 614 cm³/mol. The number of hydrogen-bond donors (Lipinski definition) is 0.